The average molecular weight is 356 g/mol. The summed E-state index contributed by atoms with van der Waals surface area (Å²) >= 11 is 1.38. The molecule has 0 unspecified atom stereocenters. The van der Waals surface area contributed by atoms with E-state index in [1.54, 1.807) is 28.2 Å². The van der Waals surface area contributed by atoms with Crippen molar-refractivity contribution in [2.75, 3.05) is 18.5 Å². The molecule has 4 rings (SSSR count). The first-order valence-corrected chi connectivity index (χ1v) is 8.76. The predicted molar refractivity (Wildman–Crippen MR) is 96.8 cm³/mol. The maximum atomic E-state index is 12.3. The van der Waals surface area contributed by atoms with E-state index in [0.717, 1.165) is 4.70 Å². The molecule has 2 heterocycles. The first kappa shape index (κ1) is 15.7. The van der Waals surface area contributed by atoms with Gasteiger partial charge in [-0.1, -0.05) is 23.7 Å². The Morgan fingerprint density at radius 3 is 2.76 bits per heavy atom. The van der Waals surface area contributed by atoms with E-state index in [1.165, 1.54) is 11.5 Å². The minimum Gasteiger partial charge on any atom is -0.486 e. The quantitative estimate of drug-likeness (QED) is 0.780. The summed E-state index contributed by atoms with van der Waals surface area (Å²) in [4.78, 5) is 24.5. The van der Waals surface area contributed by atoms with E-state index in [0.29, 0.717) is 42.3 Å². The lowest BCUT2D eigenvalue weighted by Gasteiger charge is -2.19. The molecule has 1 N–H and O–H groups in total. The Labute approximate surface area is 147 Å². The number of hydrogen-bond donors (Lipinski definition) is 1. The lowest BCUT2D eigenvalue weighted by atomic mass is 10.2. The monoisotopic (exact) mass is 356 g/mol. The number of carbonyl (C=O) groups is 1. The van der Waals surface area contributed by atoms with Crippen LogP contribution in [0.5, 0.6) is 11.5 Å². The number of hydrogen-bond acceptors (Lipinski definition) is 5. The van der Waals surface area contributed by atoms with Gasteiger partial charge in [-0.3, -0.25) is 13.5 Å². The van der Waals surface area contributed by atoms with Crippen LogP contribution in [0.4, 0.5) is 5.69 Å². The lowest BCUT2D eigenvalue weighted by molar-refractivity contribution is -0.116. The number of anilines is 1. The zero-order valence-corrected chi connectivity index (χ0v) is 14.2. The molecular formula is C18H16N2O4S. The zero-order chi connectivity index (χ0) is 17.2. The van der Waals surface area contributed by atoms with Crippen molar-refractivity contribution in [2.24, 2.45) is 0 Å². The Morgan fingerprint density at radius 2 is 1.92 bits per heavy atom. The van der Waals surface area contributed by atoms with Crippen molar-refractivity contribution in [2.45, 2.75) is 13.0 Å². The van der Waals surface area contributed by atoms with Crippen LogP contribution in [0.1, 0.15) is 6.42 Å². The molecule has 1 aliphatic heterocycles. The van der Waals surface area contributed by atoms with E-state index in [-0.39, 0.29) is 17.9 Å². The molecule has 3 aromatic rings. The Balaban J connectivity index is 1.42. The number of aryl methyl sites for hydroxylation is 1. The van der Waals surface area contributed by atoms with Crippen LogP contribution < -0.4 is 20.3 Å². The molecule has 0 bridgehead atoms. The average Bonchev–Trinajstić information content (AvgIpc) is 2.96. The fourth-order valence-corrected chi connectivity index (χ4v) is 3.71. The SMILES string of the molecule is O=C(CCn1sc2ccccc2c1=O)Nc1ccc2c(c1)OCCO2. The van der Waals surface area contributed by atoms with Crippen LogP contribution in [0.25, 0.3) is 10.1 Å². The van der Waals surface area contributed by atoms with E-state index in [2.05, 4.69) is 5.32 Å². The molecule has 0 spiro atoms. The minimum absolute atomic E-state index is 0.0484. The molecule has 0 saturated heterocycles. The van der Waals surface area contributed by atoms with Crippen molar-refractivity contribution in [3.63, 3.8) is 0 Å². The Hall–Kier alpha value is -2.80. The largest absolute Gasteiger partial charge is 0.486 e. The minimum atomic E-state index is -0.152. The van der Waals surface area contributed by atoms with Gasteiger partial charge in [-0.25, -0.2) is 0 Å². The normalized spacial score (nSPS) is 13.0. The molecule has 0 atom stereocenters. The molecule has 1 aromatic heterocycles. The molecule has 2 aromatic carbocycles. The van der Waals surface area contributed by atoms with Crippen LogP contribution in [-0.4, -0.2) is 23.1 Å². The number of carbonyl (C=O) groups excluding carboxylic acids is 1. The number of aromatic nitrogens is 1. The third-order valence-electron chi connectivity index (χ3n) is 3.92. The molecule has 25 heavy (non-hydrogen) atoms. The van der Waals surface area contributed by atoms with Crippen LogP contribution in [-0.2, 0) is 11.3 Å². The van der Waals surface area contributed by atoms with Crippen molar-refractivity contribution in [1.29, 1.82) is 0 Å². The van der Waals surface area contributed by atoms with Gasteiger partial charge in [-0.15, -0.1) is 0 Å². The predicted octanol–water partition coefficient (Wildman–Crippen LogP) is 2.86. The first-order valence-electron chi connectivity index (χ1n) is 7.99. The number of nitrogens with one attached hydrogen (secondary N) is 1. The summed E-state index contributed by atoms with van der Waals surface area (Å²) in [5.41, 5.74) is 0.602. The Bertz CT molecular complexity index is 992. The van der Waals surface area contributed by atoms with Crippen LogP contribution in [0.15, 0.2) is 47.3 Å². The highest BCUT2D eigenvalue weighted by molar-refractivity contribution is 7.13. The molecule has 6 nitrogen and oxygen atoms in total. The second-order valence-electron chi connectivity index (χ2n) is 5.65. The van der Waals surface area contributed by atoms with E-state index in [1.807, 2.05) is 18.2 Å². The van der Waals surface area contributed by atoms with Gasteiger partial charge >= 0.3 is 0 Å². The van der Waals surface area contributed by atoms with Crippen molar-refractivity contribution in [3.05, 3.63) is 52.8 Å². The fraction of sp³-hybridized carbons (Fsp3) is 0.222. The lowest BCUT2D eigenvalue weighted by Crippen LogP contribution is -2.19. The summed E-state index contributed by atoms with van der Waals surface area (Å²) in [7, 11) is 0. The van der Waals surface area contributed by atoms with Gasteiger partial charge in [0, 0.05) is 24.7 Å². The van der Waals surface area contributed by atoms with E-state index in [4.69, 9.17) is 9.47 Å². The maximum Gasteiger partial charge on any atom is 0.268 e. The van der Waals surface area contributed by atoms with Gasteiger partial charge in [0.2, 0.25) is 5.91 Å². The summed E-state index contributed by atoms with van der Waals surface area (Å²) in [6.07, 6.45) is 0.223. The second kappa shape index (κ2) is 6.60. The van der Waals surface area contributed by atoms with Gasteiger partial charge in [-0.05, 0) is 24.3 Å². The second-order valence-corrected chi connectivity index (χ2v) is 6.71. The van der Waals surface area contributed by atoms with Gasteiger partial charge in [0.1, 0.15) is 13.2 Å². The standard InChI is InChI=1S/C18H16N2O4S/c21-17(19-12-5-6-14-15(11-12)24-10-9-23-14)7-8-20-18(22)13-3-1-2-4-16(13)25-20/h1-6,11H,7-10H2,(H,19,21). The summed E-state index contributed by atoms with van der Waals surface area (Å²) in [6, 6.07) is 12.8. The maximum absolute atomic E-state index is 12.3. The molecule has 1 amide bonds. The highest BCUT2D eigenvalue weighted by Crippen LogP contribution is 2.32. The number of amides is 1. The highest BCUT2D eigenvalue weighted by atomic mass is 32.1. The molecule has 0 fully saturated rings. The van der Waals surface area contributed by atoms with Crippen LogP contribution in [0, 0.1) is 0 Å². The highest BCUT2D eigenvalue weighted by Gasteiger charge is 2.13. The molecule has 0 radical (unpaired) electrons. The first-order chi connectivity index (χ1) is 12.2. The zero-order valence-electron chi connectivity index (χ0n) is 13.4. The molecule has 1 aliphatic rings. The molecule has 0 aliphatic carbocycles. The Morgan fingerprint density at radius 1 is 1.12 bits per heavy atom. The van der Waals surface area contributed by atoms with Crippen LogP contribution in [0.3, 0.4) is 0 Å². The fourth-order valence-electron chi connectivity index (χ4n) is 2.71. The van der Waals surface area contributed by atoms with Gasteiger partial charge in [0.05, 0.1) is 10.1 Å². The van der Waals surface area contributed by atoms with Crippen LogP contribution in [0.2, 0.25) is 0 Å². The van der Waals surface area contributed by atoms with Gasteiger partial charge in [0.15, 0.2) is 11.5 Å². The molecule has 0 saturated carbocycles. The van der Waals surface area contributed by atoms with Gasteiger partial charge in [0.25, 0.3) is 5.56 Å². The van der Waals surface area contributed by atoms with E-state index >= 15 is 0 Å². The summed E-state index contributed by atoms with van der Waals surface area (Å²) in [5.74, 6) is 1.16. The summed E-state index contributed by atoms with van der Waals surface area (Å²) < 4.78 is 13.5. The van der Waals surface area contributed by atoms with Crippen molar-refractivity contribution in [3.8, 4) is 11.5 Å². The topological polar surface area (TPSA) is 69.6 Å². The van der Waals surface area contributed by atoms with E-state index < -0.39 is 0 Å². The number of nitrogens with zero attached hydrogens (tertiary/aromatic N) is 1. The van der Waals surface area contributed by atoms with Crippen molar-refractivity contribution < 1.29 is 14.3 Å². The third kappa shape index (κ3) is 3.23. The number of benzene rings is 2. The number of ether oxygens (including phenoxy) is 2. The van der Waals surface area contributed by atoms with Crippen molar-refractivity contribution >= 4 is 33.2 Å². The molecule has 7 heteroatoms. The van der Waals surface area contributed by atoms with Gasteiger partial charge < -0.3 is 14.8 Å². The number of fused-ring (bicyclic) bond motifs is 2. The van der Waals surface area contributed by atoms with Gasteiger partial charge in [-0.2, -0.15) is 0 Å². The van der Waals surface area contributed by atoms with E-state index in [9.17, 15) is 9.59 Å². The molecule has 128 valence electrons. The summed E-state index contributed by atoms with van der Waals surface area (Å²) in [5, 5.41) is 3.52. The van der Waals surface area contributed by atoms with Crippen LogP contribution >= 0.6 is 11.5 Å². The summed E-state index contributed by atoms with van der Waals surface area (Å²) in [6.45, 7) is 1.39. The Kier molecular flexibility index (Phi) is 4.15. The third-order valence-corrected chi connectivity index (χ3v) is 5.04. The molecular weight excluding hydrogens is 340 g/mol. The van der Waals surface area contributed by atoms with Crippen molar-refractivity contribution in [1.82, 2.24) is 3.96 Å². The smallest absolute Gasteiger partial charge is 0.268 e. The number of rotatable bonds is 4.